The van der Waals surface area contributed by atoms with E-state index in [9.17, 15) is 0 Å². The first-order chi connectivity index (χ1) is 8.60. The Morgan fingerprint density at radius 3 is 2.61 bits per heavy atom. The molecule has 2 rings (SSSR count). The summed E-state index contributed by atoms with van der Waals surface area (Å²) in [5, 5.41) is 3.69. The van der Waals surface area contributed by atoms with Crippen molar-refractivity contribution in [3.05, 3.63) is 34.9 Å². The summed E-state index contributed by atoms with van der Waals surface area (Å²) < 4.78 is 5.59. The van der Waals surface area contributed by atoms with Crippen LogP contribution < -0.4 is 5.32 Å². The van der Waals surface area contributed by atoms with E-state index in [-0.39, 0.29) is 0 Å². The molecule has 0 aliphatic heterocycles. The maximum Gasteiger partial charge on any atom is 0.0604 e. The molecular formula is C16H25NO. The molecule has 1 saturated carbocycles. The molecule has 0 amide bonds. The lowest BCUT2D eigenvalue weighted by Gasteiger charge is -2.37. The zero-order chi connectivity index (χ0) is 13.1. The second-order valence-electron chi connectivity index (χ2n) is 5.48. The molecule has 1 aromatic carbocycles. The van der Waals surface area contributed by atoms with Crippen molar-refractivity contribution >= 4 is 0 Å². The molecule has 2 heteroatoms. The van der Waals surface area contributed by atoms with Crippen LogP contribution in [0.2, 0.25) is 0 Å². The van der Waals surface area contributed by atoms with E-state index in [1.165, 1.54) is 16.7 Å². The van der Waals surface area contributed by atoms with Crippen molar-refractivity contribution in [3.63, 3.8) is 0 Å². The standard InChI is InChI=1S/C16H25NO/c1-5-18-16-9-15(10-16)17-13(4)14-7-6-11(2)12(3)8-14/h6-8,13,15-17H,5,9-10H2,1-4H3. The molecular weight excluding hydrogens is 222 g/mol. The lowest BCUT2D eigenvalue weighted by Crippen LogP contribution is -2.46. The molecule has 0 spiro atoms. The number of ether oxygens (including phenoxy) is 1. The van der Waals surface area contributed by atoms with Gasteiger partial charge in [0.05, 0.1) is 6.10 Å². The Labute approximate surface area is 111 Å². The highest BCUT2D eigenvalue weighted by Crippen LogP contribution is 2.26. The highest BCUT2D eigenvalue weighted by atomic mass is 16.5. The van der Waals surface area contributed by atoms with Gasteiger partial charge in [0.2, 0.25) is 0 Å². The molecule has 18 heavy (non-hydrogen) atoms. The highest BCUT2D eigenvalue weighted by molar-refractivity contribution is 5.31. The van der Waals surface area contributed by atoms with Crippen LogP contribution in [0.25, 0.3) is 0 Å². The number of nitrogens with one attached hydrogen (secondary N) is 1. The van der Waals surface area contributed by atoms with Crippen LogP contribution in [0.4, 0.5) is 0 Å². The average molecular weight is 247 g/mol. The summed E-state index contributed by atoms with van der Waals surface area (Å²) in [5.74, 6) is 0. The van der Waals surface area contributed by atoms with Crippen LogP contribution in [0.5, 0.6) is 0 Å². The summed E-state index contributed by atoms with van der Waals surface area (Å²) in [6.07, 6.45) is 2.80. The predicted molar refractivity (Wildman–Crippen MR) is 75.9 cm³/mol. The average Bonchev–Trinajstić information content (AvgIpc) is 2.30. The summed E-state index contributed by atoms with van der Waals surface area (Å²) >= 11 is 0. The van der Waals surface area contributed by atoms with Crippen molar-refractivity contribution in [2.24, 2.45) is 0 Å². The van der Waals surface area contributed by atoms with Crippen LogP contribution in [0, 0.1) is 13.8 Å². The summed E-state index contributed by atoms with van der Waals surface area (Å²) in [5.41, 5.74) is 4.13. The summed E-state index contributed by atoms with van der Waals surface area (Å²) in [4.78, 5) is 0. The maximum absolute atomic E-state index is 5.59. The predicted octanol–water partition coefficient (Wildman–Crippen LogP) is 3.52. The van der Waals surface area contributed by atoms with E-state index in [4.69, 9.17) is 4.74 Å². The van der Waals surface area contributed by atoms with Crippen molar-refractivity contribution in [2.75, 3.05) is 6.61 Å². The van der Waals surface area contributed by atoms with Crippen molar-refractivity contribution in [3.8, 4) is 0 Å². The van der Waals surface area contributed by atoms with Gasteiger partial charge in [0.1, 0.15) is 0 Å². The van der Waals surface area contributed by atoms with Gasteiger partial charge in [-0.2, -0.15) is 0 Å². The maximum atomic E-state index is 5.59. The van der Waals surface area contributed by atoms with Gasteiger partial charge in [-0.3, -0.25) is 0 Å². The fourth-order valence-electron chi connectivity index (χ4n) is 2.56. The lowest BCUT2D eigenvalue weighted by molar-refractivity contribution is -0.0120. The Morgan fingerprint density at radius 2 is 2.00 bits per heavy atom. The van der Waals surface area contributed by atoms with Crippen molar-refractivity contribution in [2.45, 2.75) is 58.7 Å². The second kappa shape index (κ2) is 5.85. The van der Waals surface area contributed by atoms with E-state index in [2.05, 4.69) is 51.2 Å². The molecule has 2 nitrogen and oxygen atoms in total. The molecule has 100 valence electrons. The molecule has 1 aromatic rings. The van der Waals surface area contributed by atoms with E-state index in [1.807, 2.05) is 0 Å². The highest BCUT2D eigenvalue weighted by Gasteiger charge is 2.30. The van der Waals surface area contributed by atoms with Crippen molar-refractivity contribution < 1.29 is 4.74 Å². The molecule has 0 bridgehead atoms. The van der Waals surface area contributed by atoms with Crippen LogP contribution in [0.3, 0.4) is 0 Å². The van der Waals surface area contributed by atoms with Crippen LogP contribution in [-0.2, 0) is 4.74 Å². The molecule has 1 fully saturated rings. The van der Waals surface area contributed by atoms with E-state index in [1.54, 1.807) is 0 Å². The minimum absolute atomic E-state index is 0.428. The summed E-state index contributed by atoms with van der Waals surface area (Å²) in [6, 6.07) is 7.80. The molecule has 1 atom stereocenters. The number of hydrogen-bond acceptors (Lipinski definition) is 2. The smallest absolute Gasteiger partial charge is 0.0604 e. The summed E-state index contributed by atoms with van der Waals surface area (Å²) in [6.45, 7) is 9.50. The van der Waals surface area contributed by atoms with Gasteiger partial charge in [0.15, 0.2) is 0 Å². The quantitative estimate of drug-likeness (QED) is 0.859. The molecule has 1 aliphatic carbocycles. The van der Waals surface area contributed by atoms with E-state index in [0.717, 1.165) is 19.4 Å². The third-order valence-corrected chi connectivity index (χ3v) is 4.01. The molecule has 0 heterocycles. The Hall–Kier alpha value is -0.860. The fourth-order valence-corrected chi connectivity index (χ4v) is 2.56. The van der Waals surface area contributed by atoms with Gasteiger partial charge < -0.3 is 10.1 Å². The second-order valence-corrected chi connectivity index (χ2v) is 5.48. The molecule has 0 aromatic heterocycles. The summed E-state index contributed by atoms with van der Waals surface area (Å²) in [7, 11) is 0. The van der Waals surface area contributed by atoms with Crippen LogP contribution >= 0.6 is 0 Å². The van der Waals surface area contributed by atoms with Crippen LogP contribution in [0.1, 0.15) is 49.4 Å². The topological polar surface area (TPSA) is 21.3 Å². The number of hydrogen-bond donors (Lipinski definition) is 1. The number of benzene rings is 1. The minimum Gasteiger partial charge on any atom is -0.378 e. The Kier molecular flexibility index (Phi) is 4.41. The molecule has 1 unspecified atom stereocenters. The lowest BCUT2D eigenvalue weighted by atomic mass is 9.88. The van der Waals surface area contributed by atoms with E-state index >= 15 is 0 Å². The fraction of sp³-hybridized carbons (Fsp3) is 0.625. The largest absolute Gasteiger partial charge is 0.378 e. The zero-order valence-electron chi connectivity index (χ0n) is 12.0. The van der Waals surface area contributed by atoms with E-state index in [0.29, 0.717) is 18.2 Å². The van der Waals surface area contributed by atoms with Gasteiger partial charge in [-0.25, -0.2) is 0 Å². The van der Waals surface area contributed by atoms with Crippen LogP contribution in [-0.4, -0.2) is 18.8 Å². The first-order valence-electron chi connectivity index (χ1n) is 7.05. The SMILES string of the molecule is CCOC1CC(NC(C)c2ccc(C)c(C)c2)C1. The third-order valence-electron chi connectivity index (χ3n) is 4.01. The van der Waals surface area contributed by atoms with Gasteiger partial charge in [-0.05, 0) is 57.2 Å². The van der Waals surface area contributed by atoms with Crippen molar-refractivity contribution in [1.82, 2.24) is 5.32 Å². The van der Waals surface area contributed by atoms with E-state index < -0.39 is 0 Å². The first kappa shape index (κ1) is 13.6. The normalized spacial score (nSPS) is 24.7. The Morgan fingerprint density at radius 1 is 1.28 bits per heavy atom. The molecule has 1 aliphatic rings. The third kappa shape index (κ3) is 3.12. The van der Waals surface area contributed by atoms with Gasteiger partial charge >= 0.3 is 0 Å². The number of rotatable bonds is 5. The molecule has 0 saturated heterocycles. The van der Waals surface area contributed by atoms with Gasteiger partial charge in [0.25, 0.3) is 0 Å². The zero-order valence-corrected chi connectivity index (χ0v) is 12.0. The Bertz CT molecular complexity index is 396. The van der Waals surface area contributed by atoms with Crippen molar-refractivity contribution in [1.29, 1.82) is 0 Å². The van der Waals surface area contributed by atoms with Crippen LogP contribution in [0.15, 0.2) is 18.2 Å². The molecule has 0 radical (unpaired) electrons. The number of aryl methyl sites for hydroxylation is 2. The monoisotopic (exact) mass is 247 g/mol. The first-order valence-corrected chi connectivity index (χ1v) is 7.05. The Balaban J connectivity index is 1.85. The van der Waals surface area contributed by atoms with Gasteiger partial charge in [0, 0.05) is 18.7 Å². The van der Waals surface area contributed by atoms with Gasteiger partial charge in [-0.15, -0.1) is 0 Å². The minimum atomic E-state index is 0.428. The molecule has 1 N–H and O–H groups in total. The van der Waals surface area contributed by atoms with Gasteiger partial charge in [-0.1, -0.05) is 18.2 Å².